The molecule has 0 aromatic carbocycles. The summed E-state index contributed by atoms with van der Waals surface area (Å²) in [7, 11) is -3.32. The monoisotopic (exact) mass is 254 g/mol. The third kappa shape index (κ3) is 3.19. The minimum absolute atomic E-state index is 0.253. The molecular formula is C7H5F3N2O3S. The Labute approximate surface area is 89.9 Å². The average Bonchev–Trinajstić information content (AvgIpc) is 2.16. The highest BCUT2D eigenvalue weighted by Crippen LogP contribution is 2.21. The molecule has 16 heavy (non-hydrogen) atoms. The summed E-state index contributed by atoms with van der Waals surface area (Å²) in [4.78, 5) is 13.9. The number of pyridine rings is 1. The summed E-state index contributed by atoms with van der Waals surface area (Å²) in [6, 6.07) is 1.95. The molecule has 0 saturated carbocycles. The Morgan fingerprint density at radius 2 is 2.12 bits per heavy atom. The van der Waals surface area contributed by atoms with E-state index in [1.54, 1.807) is 4.72 Å². The molecule has 5 nitrogen and oxygen atoms in total. The van der Waals surface area contributed by atoms with Gasteiger partial charge in [0.25, 0.3) is 0 Å². The molecule has 1 atom stereocenters. The number of hydrogen-bond donors (Lipinski definition) is 2. The first kappa shape index (κ1) is 12.4. The number of nitrogens with one attached hydrogen (secondary N) is 1. The van der Waals surface area contributed by atoms with Gasteiger partial charge in [-0.3, -0.25) is 4.72 Å². The van der Waals surface area contributed by atoms with E-state index in [4.69, 9.17) is 5.11 Å². The molecule has 0 aliphatic heterocycles. The highest BCUT2D eigenvalue weighted by Gasteiger charge is 2.37. The maximum absolute atomic E-state index is 11.9. The molecule has 0 amide bonds. The van der Waals surface area contributed by atoms with Crippen molar-refractivity contribution in [3.8, 4) is 0 Å². The van der Waals surface area contributed by atoms with Crippen LogP contribution >= 0.6 is 0 Å². The molecule has 0 radical (unpaired) electrons. The summed E-state index contributed by atoms with van der Waals surface area (Å²) in [5.74, 6) is -1.74. The van der Waals surface area contributed by atoms with Crippen LogP contribution in [0.5, 0.6) is 0 Å². The molecule has 0 saturated heterocycles. The molecule has 1 heterocycles. The van der Waals surface area contributed by atoms with Gasteiger partial charge in [-0.1, -0.05) is 0 Å². The number of nitrogens with zero attached hydrogens (tertiary/aromatic N) is 1. The van der Waals surface area contributed by atoms with E-state index in [-0.39, 0.29) is 5.56 Å². The second kappa shape index (κ2) is 4.47. The zero-order chi connectivity index (χ0) is 12.3. The molecule has 1 rings (SSSR count). The van der Waals surface area contributed by atoms with Gasteiger partial charge in [0.1, 0.15) is 5.82 Å². The zero-order valence-electron chi connectivity index (χ0n) is 7.49. The predicted molar refractivity (Wildman–Crippen MR) is 49.0 cm³/mol. The van der Waals surface area contributed by atoms with E-state index in [1.165, 1.54) is 0 Å². The fraction of sp³-hybridized carbons (Fsp3) is 0.143. The maximum Gasteiger partial charge on any atom is 0.490 e. The van der Waals surface area contributed by atoms with Crippen LogP contribution in [-0.4, -0.2) is 25.8 Å². The van der Waals surface area contributed by atoms with Crippen LogP contribution in [0.15, 0.2) is 18.3 Å². The van der Waals surface area contributed by atoms with Crippen LogP contribution in [0.1, 0.15) is 10.4 Å². The third-order valence-electron chi connectivity index (χ3n) is 1.41. The van der Waals surface area contributed by atoms with Gasteiger partial charge in [0.15, 0.2) is 0 Å². The number of rotatable bonds is 3. The van der Waals surface area contributed by atoms with Gasteiger partial charge in [-0.15, -0.1) is 0 Å². The molecule has 2 N–H and O–H groups in total. The zero-order valence-corrected chi connectivity index (χ0v) is 8.30. The van der Waals surface area contributed by atoms with Crippen molar-refractivity contribution in [3.05, 3.63) is 23.9 Å². The molecular weight excluding hydrogens is 249 g/mol. The largest absolute Gasteiger partial charge is 0.490 e. The molecule has 88 valence electrons. The Balaban J connectivity index is 2.87. The quantitative estimate of drug-likeness (QED) is 0.853. The highest BCUT2D eigenvalue weighted by atomic mass is 32.2. The first-order chi connectivity index (χ1) is 7.30. The average molecular weight is 254 g/mol. The molecule has 0 fully saturated rings. The van der Waals surface area contributed by atoms with E-state index in [1.807, 2.05) is 0 Å². The number of carboxylic acids is 1. The fourth-order valence-electron chi connectivity index (χ4n) is 0.772. The van der Waals surface area contributed by atoms with Crippen molar-refractivity contribution in [1.29, 1.82) is 0 Å². The van der Waals surface area contributed by atoms with Crippen molar-refractivity contribution >= 4 is 22.8 Å². The van der Waals surface area contributed by atoms with Gasteiger partial charge >= 0.3 is 11.5 Å². The number of halogens is 3. The second-order valence-corrected chi connectivity index (χ2v) is 3.76. The molecule has 0 spiro atoms. The van der Waals surface area contributed by atoms with Crippen LogP contribution in [0.3, 0.4) is 0 Å². The minimum Gasteiger partial charge on any atom is -0.478 e. The Kier molecular flexibility index (Phi) is 3.48. The van der Waals surface area contributed by atoms with Gasteiger partial charge in [0.2, 0.25) is 11.0 Å². The number of aromatic carboxylic acids is 1. The normalized spacial score (nSPS) is 13.2. The summed E-state index contributed by atoms with van der Waals surface area (Å²) in [6.07, 6.45) is 0.999. The Hall–Kier alpha value is -1.64. The first-order valence-electron chi connectivity index (χ1n) is 3.75. The van der Waals surface area contributed by atoms with Crippen LogP contribution in [0.25, 0.3) is 0 Å². The molecule has 0 aliphatic carbocycles. The van der Waals surface area contributed by atoms with E-state index in [0.29, 0.717) is 0 Å². The van der Waals surface area contributed by atoms with Crippen molar-refractivity contribution in [1.82, 2.24) is 4.98 Å². The fourth-order valence-corrected chi connectivity index (χ4v) is 1.19. The lowest BCUT2D eigenvalue weighted by Crippen LogP contribution is -2.23. The van der Waals surface area contributed by atoms with E-state index < -0.39 is 28.3 Å². The SMILES string of the molecule is O=C(O)c1ccnc(NS(=O)C(F)(F)F)c1. The van der Waals surface area contributed by atoms with E-state index in [9.17, 15) is 22.2 Å². The number of hydrogen-bond acceptors (Lipinski definition) is 3. The van der Waals surface area contributed by atoms with Gasteiger partial charge < -0.3 is 5.11 Å². The molecule has 1 unspecified atom stereocenters. The number of carbonyl (C=O) groups is 1. The van der Waals surface area contributed by atoms with Crippen LogP contribution in [-0.2, 0) is 11.0 Å². The molecule has 9 heteroatoms. The molecule has 0 aliphatic rings. The van der Waals surface area contributed by atoms with Crippen LogP contribution < -0.4 is 4.72 Å². The van der Waals surface area contributed by atoms with E-state index in [0.717, 1.165) is 18.3 Å². The number of anilines is 1. The van der Waals surface area contributed by atoms with E-state index in [2.05, 4.69) is 4.98 Å². The summed E-state index contributed by atoms with van der Waals surface area (Å²) < 4.78 is 47.8. The predicted octanol–water partition coefficient (Wildman–Crippen LogP) is 1.38. The van der Waals surface area contributed by atoms with Crippen molar-refractivity contribution < 1.29 is 27.3 Å². The Morgan fingerprint density at radius 3 is 2.62 bits per heavy atom. The smallest absolute Gasteiger partial charge is 0.478 e. The molecule has 1 aromatic rings. The van der Waals surface area contributed by atoms with Crippen LogP contribution in [0.2, 0.25) is 0 Å². The lowest BCUT2D eigenvalue weighted by atomic mass is 10.3. The van der Waals surface area contributed by atoms with Gasteiger partial charge in [0.05, 0.1) is 5.56 Å². The van der Waals surface area contributed by atoms with E-state index >= 15 is 0 Å². The third-order valence-corrected chi connectivity index (χ3v) is 2.23. The topological polar surface area (TPSA) is 79.3 Å². The summed E-state index contributed by atoms with van der Waals surface area (Å²) >= 11 is 0. The maximum atomic E-state index is 11.9. The molecule has 1 aromatic heterocycles. The molecule has 0 bridgehead atoms. The van der Waals surface area contributed by atoms with Crippen LogP contribution in [0, 0.1) is 0 Å². The van der Waals surface area contributed by atoms with Gasteiger partial charge in [0, 0.05) is 6.20 Å². The summed E-state index contributed by atoms with van der Waals surface area (Å²) in [5, 5.41) is 8.55. The number of aromatic nitrogens is 1. The standard InChI is InChI=1S/C7H5F3N2O3S/c8-7(9,10)16(15)12-5-3-4(6(13)14)1-2-11-5/h1-3H,(H,11,12)(H,13,14). The number of carboxylic acid groups (broad SMARTS) is 1. The first-order valence-corrected chi connectivity index (χ1v) is 4.90. The van der Waals surface area contributed by atoms with Gasteiger partial charge in [-0.2, -0.15) is 13.2 Å². The second-order valence-electron chi connectivity index (χ2n) is 2.55. The highest BCUT2D eigenvalue weighted by molar-refractivity contribution is 7.87. The van der Waals surface area contributed by atoms with Gasteiger partial charge in [-0.25, -0.2) is 14.0 Å². The van der Waals surface area contributed by atoms with Gasteiger partial charge in [-0.05, 0) is 12.1 Å². The lowest BCUT2D eigenvalue weighted by molar-refractivity contribution is -0.0379. The number of alkyl halides is 3. The van der Waals surface area contributed by atoms with Crippen LogP contribution in [0.4, 0.5) is 19.0 Å². The van der Waals surface area contributed by atoms with Crippen molar-refractivity contribution in [2.24, 2.45) is 0 Å². The lowest BCUT2D eigenvalue weighted by Gasteiger charge is -2.07. The summed E-state index contributed by atoms with van der Waals surface area (Å²) in [5.41, 5.74) is -5.18. The van der Waals surface area contributed by atoms with Crippen molar-refractivity contribution in [3.63, 3.8) is 0 Å². The van der Waals surface area contributed by atoms with Crippen molar-refractivity contribution in [2.45, 2.75) is 5.51 Å². The minimum atomic E-state index is -4.93. The Bertz CT molecular complexity index is 435. The summed E-state index contributed by atoms with van der Waals surface area (Å²) in [6.45, 7) is 0. The Morgan fingerprint density at radius 1 is 1.50 bits per heavy atom. The van der Waals surface area contributed by atoms with Crippen molar-refractivity contribution in [2.75, 3.05) is 4.72 Å².